The van der Waals surface area contributed by atoms with Crippen molar-refractivity contribution in [1.82, 2.24) is 0 Å². The number of hydrogen-bond acceptors (Lipinski definition) is 5. The normalized spacial score (nSPS) is 22.8. The van der Waals surface area contributed by atoms with E-state index in [4.69, 9.17) is 0 Å². The van der Waals surface area contributed by atoms with Crippen LogP contribution >= 0.6 is 30.8 Å². The molecule has 4 fully saturated rings. The predicted molar refractivity (Wildman–Crippen MR) is 222 cm³/mol. The van der Waals surface area contributed by atoms with E-state index in [0.717, 1.165) is 72.6 Å². The van der Waals surface area contributed by atoms with Crippen molar-refractivity contribution in [3.8, 4) is 0 Å². The van der Waals surface area contributed by atoms with E-state index >= 15 is 0 Å². The van der Waals surface area contributed by atoms with E-state index in [0.29, 0.717) is 37.0 Å². The number of rotatable bonds is 18. The van der Waals surface area contributed by atoms with E-state index in [1.165, 1.54) is 0 Å². The van der Waals surface area contributed by atoms with Gasteiger partial charge in [0.15, 0.2) is 0 Å². The Morgan fingerprint density at radius 2 is 0.648 bits per heavy atom. The quantitative estimate of drug-likeness (QED) is 0.0451. The molecule has 4 rings (SSSR count). The number of alkyl halides is 24. The second-order valence-electron chi connectivity index (χ2n) is 19.2. The monoisotopic (exact) mass is 1380 g/mol. The van der Waals surface area contributed by atoms with Gasteiger partial charge in [0.2, 0.25) is 0 Å². The molecule has 4 saturated carbocycles. The third-order valence-electron chi connectivity index (χ3n) is 11.5. The van der Waals surface area contributed by atoms with Gasteiger partial charge in [0, 0.05) is 0 Å². The molecule has 37 heteroatoms. The van der Waals surface area contributed by atoms with Crippen LogP contribution in [0.3, 0.4) is 0 Å². The van der Waals surface area contributed by atoms with E-state index < -0.39 is 177 Å². The van der Waals surface area contributed by atoms with Crippen LogP contribution < -0.4 is 0 Å². The summed E-state index contributed by atoms with van der Waals surface area (Å²) < 4.78 is 341. The molecule has 71 heavy (non-hydrogen) atoms. The second-order valence-corrected chi connectivity index (χ2v) is 34.5. The molecule has 0 saturated heterocycles. The minimum absolute atomic E-state index is 0.416. The minimum atomic E-state index is -6.27. The molecule has 418 valence electrons. The Morgan fingerprint density at radius 1 is 0.423 bits per heavy atom. The fraction of sp³-hybridized carbons (Fsp3) is 1.00. The molecule has 0 N–H and O–H groups in total. The SMILES string of the molecule is C[PH+](C)CC([O][Sn][O]C(CP(C)(C)=NN=NC12CC3CC(CC(C3)C1)C2)(C(F)(F)F)C(F)(F)F)(C(F)(F)F)C(F)(F)F.C[PH+](C)CC([O][Sn][O]C(C[PH+](C)C)(C(F)(F)F)C(F)(F)F)(C(F)(F)F)C(F)(F)F. The van der Waals surface area contributed by atoms with E-state index in [1.807, 2.05) is 0 Å². The fourth-order valence-corrected chi connectivity index (χ4v) is 22.0. The molecule has 0 amide bonds. The van der Waals surface area contributed by atoms with Crippen LogP contribution in [-0.2, 0) is 12.3 Å². The Morgan fingerprint density at radius 3 is 0.859 bits per heavy atom. The third-order valence-corrected chi connectivity index (χ3v) is 21.8. The first-order valence-electron chi connectivity index (χ1n) is 20.4. The van der Waals surface area contributed by atoms with Crippen molar-refractivity contribution in [2.45, 2.75) is 116 Å². The van der Waals surface area contributed by atoms with Gasteiger partial charge in [0.05, 0.1) is 0 Å². The Labute approximate surface area is 417 Å². The van der Waals surface area contributed by atoms with Gasteiger partial charge in [0.25, 0.3) is 0 Å². The molecule has 0 aromatic rings. The summed E-state index contributed by atoms with van der Waals surface area (Å²) in [6.07, 6.45) is -51.0. The maximum atomic E-state index is 14.1. The number of hydrogen-bond donors (Lipinski definition) is 0. The molecule has 4 bridgehead atoms. The average molecular weight is 1380 g/mol. The van der Waals surface area contributed by atoms with Gasteiger partial charge in [0.1, 0.15) is 0 Å². The predicted octanol–water partition coefficient (Wildman–Crippen LogP) is 13.8. The van der Waals surface area contributed by atoms with Crippen molar-refractivity contribution in [3.05, 3.63) is 0 Å². The first-order valence-corrected chi connectivity index (χ1v) is 36.0. The van der Waals surface area contributed by atoms with Crippen molar-refractivity contribution < 1.29 is 118 Å². The van der Waals surface area contributed by atoms with E-state index in [1.54, 1.807) is 0 Å². The Hall–Kier alpha value is 0.877. The zero-order valence-electron chi connectivity index (χ0n) is 38.3. The average Bonchev–Trinajstić information content (AvgIpc) is 3.08. The van der Waals surface area contributed by atoms with Gasteiger partial charge in [-0.25, -0.2) is 0 Å². The molecule has 4 aliphatic rings. The van der Waals surface area contributed by atoms with Gasteiger partial charge in [-0.05, 0) is 0 Å². The van der Waals surface area contributed by atoms with Gasteiger partial charge in [-0.15, -0.1) is 0 Å². The second kappa shape index (κ2) is 23.3. The van der Waals surface area contributed by atoms with E-state index in [9.17, 15) is 105 Å². The summed E-state index contributed by atoms with van der Waals surface area (Å²) in [5, 5.41) is 7.95. The van der Waals surface area contributed by atoms with Crippen molar-refractivity contribution in [1.29, 1.82) is 0 Å². The zero-order valence-corrected chi connectivity index (χ0v) is 47.9. The summed E-state index contributed by atoms with van der Waals surface area (Å²) >= 11 is -8.97. The van der Waals surface area contributed by atoms with Crippen molar-refractivity contribution >= 4 is 74.8 Å². The standard InChI is InChI=1S/C16H23F6N3OP.3C6H8F6OP.2Sn/c1-27(2,9-14(26,15(17,18)19)16(20,21)22)25-24-23-13-6-10-3-11(7-13)5-12(4-10)8-13;3*1-14(2)3-4(13,5(7,8)9)6(10,11)12;;/h10-12H,3-9H2,1-2H3;3*3H2,1-2H3;;/q4*-1;2*+2/p+3. The fourth-order valence-electron chi connectivity index (χ4n) is 8.83. The summed E-state index contributed by atoms with van der Waals surface area (Å²) in [7, 11) is -10.8. The molecule has 4 aliphatic carbocycles. The molecule has 7 nitrogen and oxygen atoms in total. The molecule has 0 aromatic heterocycles. The maximum absolute atomic E-state index is 14.1. The summed E-state index contributed by atoms with van der Waals surface area (Å²) in [5.74, 6) is 1.25. The van der Waals surface area contributed by atoms with Crippen LogP contribution in [0.25, 0.3) is 0 Å². The Kier molecular flexibility index (Phi) is 22.3. The van der Waals surface area contributed by atoms with E-state index in [-0.39, 0.29) is 0 Å². The molecule has 0 aliphatic heterocycles. The van der Waals surface area contributed by atoms with Crippen LogP contribution in [0.2, 0.25) is 0 Å². The Balaban J connectivity index is 0.000000524. The van der Waals surface area contributed by atoms with Crippen molar-refractivity contribution in [2.75, 3.05) is 78.0 Å². The van der Waals surface area contributed by atoms with Crippen LogP contribution in [-0.4, -0.2) is 199 Å². The van der Waals surface area contributed by atoms with Crippen LogP contribution in [0.15, 0.2) is 15.2 Å². The van der Waals surface area contributed by atoms with Gasteiger partial charge >= 0.3 is 419 Å². The Bertz CT molecular complexity index is 1690. The van der Waals surface area contributed by atoms with Crippen LogP contribution in [0.5, 0.6) is 0 Å². The van der Waals surface area contributed by atoms with Gasteiger partial charge in [-0.1, -0.05) is 0 Å². The summed E-state index contributed by atoms with van der Waals surface area (Å²) in [5.41, 5.74) is -20.4. The van der Waals surface area contributed by atoms with Crippen LogP contribution in [0.1, 0.15) is 38.5 Å². The number of halogens is 24. The first kappa shape index (κ1) is 68.0. The number of nitrogens with zero attached hydrogens (tertiary/aromatic N) is 3. The third kappa shape index (κ3) is 16.0. The first-order chi connectivity index (χ1) is 31.3. The molecular formula is C34H50F24N3O4P4Sn2+3. The van der Waals surface area contributed by atoms with Crippen LogP contribution in [0.4, 0.5) is 105 Å². The van der Waals surface area contributed by atoms with Gasteiger partial charge < -0.3 is 0 Å². The molecule has 4 radical (unpaired) electrons. The topological polar surface area (TPSA) is 74.0 Å². The van der Waals surface area contributed by atoms with Crippen molar-refractivity contribution in [2.24, 2.45) is 32.9 Å². The summed E-state index contributed by atoms with van der Waals surface area (Å²) in [6, 6.07) is 0. The summed E-state index contributed by atoms with van der Waals surface area (Å²) in [6.45, 7) is 8.32. The molecule has 0 heterocycles. The van der Waals surface area contributed by atoms with Crippen molar-refractivity contribution in [3.63, 3.8) is 0 Å². The van der Waals surface area contributed by atoms with E-state index in [2.05, 4.69) is 27.5 Å². The molecule has 0 atom stereocenters. The van der Waals surface area contributed by atoms with Crippen LogP contribution in [0, 0.1) is 17.8 Å². The molecule has 0 spiro atoms. The van der Waals surface area contributed by atoms with Gasteiger partial charge in [-0.2, -0.15) is 0 Å². The molecular weight excluding hydrogens is 1330 g/mol. The van der Waals surface area contributed by atoms with Gasteiger partial charge in [-0.3, -0.25) is 0 Å². The zero-order chi connectivity index (χ0) is 55.9. The molecule has 0 aromatic carbocycles. The summed E-state index contributed by atoms with van der Waals surface area (Å²) in [4.78, 5) is 3.73. The molecule has 0 unspecified atom stereocenters.